The van der Waals surface area contributed by atoms with E-state index in [9.17, 15) is 5.11 Å². The molecule has 0 amide bonds. The molecule has 2 rings (SSSR count). The Hall–Kier alpha value is -0.360. The van der Waals surface area contributed by atoms with Crippen molar-refractivity contribution in [3.8, 4) is 0 Å². The van der Waals surface area contributed by atoms with E-state index in [2.05, 4.69) is 10.3 Å². The van der Waals surface area contributed by atoms with E-state index in [1.807, 2.05) is 5.38 Å². The fraction of sp³-hybridized carbons (Fsp3) is 0.625. The highest BCUT2D eigenvalue weighted by Crippen LogP contribution is 2.22. The maximum absolute atomic E-state index is 9.91. The summed E-state index contributed by atoms with van der Waals surface area (Å²) in [6, 6.07) is 0. The number of hydrogen-bond donors (Lipinski definition) is 2. The summed E-state index contributed by atoms with van der Waals surface area (Å²) in [7, 11) is 0. The van der Waals surface area contributed by atoms with Crippen LogP contribution in [0.2, 0.25) is 4.47 Å². The molecule has 1 aromatic heterocycles. The zero-order chi connectivity index (χ0) is 10.0. The average Bonchev–Trinajstić information content (AvgIpc) is 2.73. The minimum absolute atomic E-state index is 0.387. The van der Waals surface area contributed by atoms with Gasteiger partial charge in [-0.3, -0.25) is 0 Å². The van der Waals surface area contributed by atoms with Crippen molar-refractivity contribution in [2.75, 3.05) is 25.1 Å². The summed E-state index contributed by atoms with van der Waals surface area (Å²) < 4.78 is 5.62. The lowest BCUT2D eigenvalue weighted by Crippen LogP contribution is -2.37. The van der Waals surface area contributed by atoms with Gasteiger partial charge in [-0.25, -0.2) is 4.98 Å². The molecular formula is C8H11ClN2O2S. The van der Waals surface area contributed by atoms with Gasteiger partial charge in [0.15, 0.2) is 4.47 Å². The smallest absolute Gasteiger partial charge is 0.185 e. The highest BCUT2D eigenvalue weighted by Gasteiger charge is 2.31. The van der Waals surface area contributed by atoms with Gasteiger partial charge in [0.05, 0.1) is 6.61 Å². The lowest BCUT2D eigenvalue weighted by molar-refractivity contribution is 0.0381. The summed E-state index contributed by atoms with van der Waals surface area (Å²) in [5, 5.41) is 14.8. The molecule has 78 valence electrons. The third-order valence-electron chi connectivity index (χ3n) is 2.16. The van der Waals surface area contributed by atoms with E-state index in [1.165, 1.54) is 11.3 Å². The van der Waals surface area contributed by atoms with Crippen LogP contribution in [0.1, 0.15) is 6.42 Å². The zero-order valence-electron chi connectivity index (χ0n) is 7.49. The molecule has 1 aliphatic heterocycles. The van der Waals surface area contributed by atoms with Crippen LogP contribution in [0.4, 0.5) is 5.82 Å². The van der Waals surface area contributed by atoms with Gasteiger partial charge in [-0.15, -0.1) is 11.3 Å². The molecule has 1 unspecified atom stereocenters. The van der Waals surface area contributed by atoms with Crippen molar-refractivity contribution in [3.63, 3.8) is 0 Å². The molecule has 2 N–H and O–H groups in total. The number of nitrogens with zero attached hydrogens (tertiary/aromatic N) is 1. The van der Waals surface area contributed by atoms with Crippen LogP contribution in [0, 0.1) is 0 Å². The first-order chi connectivity index (χ1) is 6.68. The van der Waals surface area contributed by atoms with Crippen molar-refractivity contribution in [2.24, 2.45) is 0 Å². The van der Waals surface area contributed by atoms with E-state index in [0.29, 0.717) is 36.5 Å². The second kappa shape index (κ2) is 4.02. The topological polar surface area (TPSA) is 54.4 Å². The number of thiazole rings is 1. The predicted molar refractivity (Wildman–Crippen MR) is 56.0 cm³/mol. The molecule has 1 atom stereocenters. The molecule has 0 saturated carbocycles. The van der Waals surface area contributed by atoms with Gasteiger partial charge in [0, 0.05) is 25.0 Å². The van der Waals surface area contributed by atoms with Crippen molar-refractivity contribution in [2.45, 2.75) is 12.0 Å². The van der Waals surface area contributed by atoms with Crippen LogP contribution in [0.15, 0.2) is 5.38 Å². The minimum Gasteiger partial charge on any atom is -0.386 e. The molecule has 4 nitrogen and oxygen atoms in total. The van der Waals surface area contributed by atoms with Crippen LogP contribution < -0.4 is 5.32 Å². The predicted octanol–water partition coefficient (Wildman–Crippen LogP) is 1.36. The Balaban J connectivity index is 1.87. The first-order valence-electron chi connectivity index (χ1n) is 4.33. The highest BCUT2D eigenvalue weighted by molar-refractivity contribution is 7.14. The Bertz CT molecular complexity index is 312. The minimum atomic E-state index is -0.754. The number of anilines is 1. The number of hydrogen-bond acceptors (Lipinski definition) is 5. The van der Waals surface area contributed by atoms with E-state index in [0.717, 1.165) is 0 Å². The zero-order valence-corrected chi connectivity index (χ0v) is 9.07. The van der Waals surface area contributed by atoms with E-state index in [1.54, 1.807) is 0 Å². The standard InChI is InChI=1S/C8H11ClN2O2S/c9-7-11-6(3-14-7)10-4-8(12)1-2-13-5-8/h3,10,12H,1-2,4-5H2. The molecule has 6 heteroatoms. The normalized spacial score (nSPS) is 26.7. The number of nitrogens with one attached hydrogen (secondary N) is 1. The van der Waals surface area contributed by atoms with E-state index in [-0.39, 0.29) is 0 Å². The Labute approximate surface area is 90.9 Å². The molecule has 1 aliphatic rings. The maximum Gasteiger partial charge on any atom is 0.185 e. The quantitative estimate of drug-likeness (QED) is 0.829. The first kappa shape index (κ1) is 10.2. The lowest BCUT2D eigenvalue weighted by atomic mass is 10.0. The Morgan fingerprint density at radius 1 is 1.79 bits per heavy atom. The molecule has 0 aliphatic carbocycles. The Morgan fingerprint density at radius 3 is 3.21 bits per heavy atom. The van der Waals surface area contributed by atoms with Crippen LogP contribution in [-0.2, 0) is 4.74 Å². The molecule has 0 spiro atoms. The first-order valence-corrected chi connectivity index (χ1v) is 5.59. The highest BCUT2D eigenvalue weighted by atomic mass is 35.5. The second-order valence-electron chi connectivity index (χ2n) is 3.37. The number of halogens is 1. The fourth-order valence-electron chi connectivity index (χ4n) is 1.32. The van der Waals surface area contributed by atoms with Gasteiger partial charge < -0.3 is 15.2 Å². The van der Waals surface area contributed by atoms with Gasteiger partial charge in [-0.1, -0.05) is 11.6 Å². The molecule has 1 saturated heterocycles. The molecule has 14 heavy (non-hydrogen) atoms. The molecule has 1 aromatic rings. The van der Waals surface area contributed by atoms with Gasteiger partial charge in [0.25, 0.3) is 0 Å². The summed E-state index contributed by atoms with van der Waals surface area (Å²) in [6.45, 7) is 1.46. The third-order valence-corrected chi connectivity index (χ3v) is 3.14. The number of rotatable bonds is 3. The van der Waals surface area contributed by atoms with E-state index in [4.69, 9.17) is 16.3 Å². The Kier molecular flexibility index (Phi) is 2.92. The summed E-state index contributed by atoms with van der Waals surface area (Å²) in [6.07, 6.45) is 0.665. The van der Waals surface area contributed by atoms with Crippen molar-refractivity contribution in [1.82, 2.24) is 4.98 Å². The number of aliphatic hydroxyl groups is 1. The molecule has 1 fully saturated rings. The van der Waals surface area contributed by atoms with E-state index >= 15 is 0 Å². The summed E-state index contributed by atoms with van der Waals surface area (Å²) >= 11 is 7.04. The van der Waals surface area contributed by atoms with Crippen molar-refractivity contribution in [1.29, 1.82) is 0 Å². The molecular weight excluding hydrogens is 224 g/mol. The SMILES string of the molecule is OC1(CNc2csc(Cl)n2)CCOC1. The second-order valence-corrected chi connectivity index (χ2v) is 4.81. The van der Waals surface area contributed by atoms with Gasteiger partial charge in [-0.2, -0.15) is 0 Å². The molecule has 0 aromatic carbocycles. The van der Waals surface area contributed by atoms with Crippen molar-refractivity contribution in [3.05, 3.63) is 9.85 Å². The van der Waals surface area contributed by atoms with Crippen LogP contribution in [0.25, 0.3) is 0 Å². The van der Waals surface area contributed by atoms with Gasteiger partial charge in [0.2, 0.25) is 0 Å². The van der Waals surface area contributed by atoms with Gasteiger partial charge in [0.1, 0.15) is 11.4 Å². The molecule has 0 radical (unpaired) electrons. The van der Waals surface area contributed by atoms with Crippen LogP contribution in [0.5, 0.6) is 0 Å². The summed E-state index contributed by atoms with van der Waals surface area (Å²) in [5.74, 6) is 0.709. The van der Waals surface area contributed by atoms with Crippen molar-refractivity contribution >= 4 is 28.8 Å². The van der Waals surface area contributed by atoms with Gasteiger partial charge >= 0.3 is 0 Å². The number of aromatic nitrogens is 1. The van der Waals surface area contributed by atoms with E-state index < -0.39 is 5.60 Å². The third kappa shape index (κ3) is 2.36. The largest absolute Gasteiger partial charge is 0.386 e. The van der Waals surface area contributed by atoms with Crippen LogP contribution >= 0.6 is 22.9 Å². The van der Waals surface area contributed by atoms with Crippen molar-refractivity contribution < 1.29 is 9.84 Å². The molecule has 2 heterocycles. The lowest BCUT2D eigenvalue weighted by Gasteiger charge is -2.20. The summed E-state index contributed by atoms with van der Waals surface area (Å²) in [5.41, 5.74) is -0.754. The average molecular weight is 235 g/mol. The monoisotopic (exact) mass is 234 g/mol. The van der Waals surface area contributed by atoms with Gasteiger partial charge in [-0.05, 0) is 0 Å². The maximum atomic E-state index is 9.91. The van der Waals surface area contributed by atoms with Crippen LogP contribution in [-0.4, -0.2) is 35.5 Å². The molecule has 0 bridgehead atoms. The number of ether oxygens (including phenoxy) is 1. The fourth-order valence-corrected chi connectivity index (χ4v) is 2.04. The summed E-state index contributed by atoms with van der Waals surface area (Å²) in [4.78, 5) is 4.02. The van der Waals surface area contributed by atoms with Crippen LogP contribution in [0.3, 0.4) is 0 Å². The Morgan fingerprint density at radius 2 is 2.64 bits per heavy atom.